The molecule has 0 heterocycles. The fourth-order valence-electron chi connectivity index (χ4n) is 6.15. The first-order valence-electron chi connectivity index (χ1n) is 8.80. The molecule has 0 amide bonds. The van der Waals surface area contributed by atoms with Gasteiger partial charge in [0, 0.05) is 0 Å². The Kier molecular flexibility index (Phi) is 3.85. The smallest absolute Gasteiger partial charge is 0.309 e. The molecule has 4 heteroatoms. The summed E-state index contributed by atoms with van der Waals surface area (Å²) < 4.78 is 0. The van der Waals surface area contributed by atoms with Crippen LogP contribution in [-0.2, 0) is 9.59 Å². The zero-order chi connectivity index (χ0) is 16.9. The highest BCUT2D eigenvalue weighted by molar-refractivity contribution is 5.75. The van der Waals surface area contributed by atoms with E-state index in [-0.39, 0.29) is 5.41 Å². The van der Waals surface area contributed by atoms with E-state index in [2.05, 4.69) is 6.58 Å². The van der Waals surface area contributed by atoms with Crippen molar-refractivity contribution in [2.75, 3.05) is 0 Å². The van der Waals surface area contributed by atoms with Crippen LogP contribution < -0.4 is 0 Å². The maximum Gasteiger partial charge on any atom is 0.309 e. The topological polar surface area (TPSA) is 74.6 Å². The first-order valence-corrected chi connectivity index (χ1v) is 8.80. The van der Waals surface area contributed by atoms with Gasteiger partial charge in [-0.15, -0.1) is 6.58 Å². The number of carboxylic acid groups (broad SMARTS) is 2. The second-order valence-electron chi connectivity index (χ2n) is 8.91. The van der Waals surface area contributed by atoms with E-state index in [0.717, 1.165) is 38.5 Å². The highest BCUT2D eigenvalue weighted by atomic mass is 16.4. The predicted octanol–water partition coefficient (Wildman–Crippen LogP) is 4.10. The number of rotatable bonds is 7. The molecule has 0 aromatic rings. The van der Waals surface area contributed by atoms with E-state index in [1.165, 1.54) is 6.42 Å². The van der Waals surface area contributed by atoms with E-state index >= 15 is 0 Å². The molecule has 3 unspecified atom stereocenters. The molecule has 3 atom stereocenters. The van der Waals surface area contributed by atoms with Crippen molar-refractivity contribution in [3.63, 3.8) is 0 Å². The summed E-state index contributed by atoms with van der Waals surface area (Å²) in [6.07, 6.45) is 9.42. The SMILES string of the molecule is C=CCC(C)(CCC12CC3CC(C1)CC(C(=O)O)(C3)C2)C(=O)O. The van der Waals surface area contributed by atoms with Gasteiger partial charge in [0.1, 0.15) is 0 Å². The van der Waals surface area contributed by atoms with Crippen LogP contribution in [0.15, 0.2) is 12.7 Å². The minimum atomic E-state index is -0.776. The Morgan fingerprint density at radius 3 is 2.30 bits per heavy atom. The van der Waals surface area contributed by atoms with Gasteiger partial charge in [0.15, 0.2) is 0 Å². The minimum absolute atomic E-state index is 0.0559. The summed E-state index contributed by atoms with van der Waals surface area (Å²) in [4.78, 5) is 23.6. The van der Waals surface area contributed by atoms with Crippen molar-refractivity contribution in [2.45, 2.75) is 64.7 Å². The van der Waals surface area contributed by atoms with Crippen LogP contribution in [0.4, 0.5) is 0 Å². The van der Waals surface area contributed by atoms with Gasteiger partial charge >= 0.3 is 11.9 Å². The zero-order valence-electron chi connectivity index (χ0n) is 14.0. The molecule has 4 saturated carbocycles. The Hall–Kier alpha value is -1.32. The summed E-state index contributed by atoms with van der Waals surface area (Å²) in [5, 5.41) is 19.4. The highest BCUT2D eigenvalue weighted by Crippen LogP contribution is 2.67. The molecule has 0 spiro atoms. The van der Waals surface area contributed by atoms with Crippen molar-refractivity contribution in [1.82, 2.24) is 0 Å². The first-order chi connectivity index (χ1) is 10.7. The van der Waals surface area contributed by atoms with Gasteiger partial charge in [-0.1, -0.05) is 6.08 Å². The van der Waals surface area contributed by atoms with Crippen LogP contribution >= 0.6 is 0 Å². The number of carboxylic acids is 2. The second kappa shape index (κ2) is 5.35. The van der Waals surface area contributed by atoms with E-state index in [0.29, 0.717) is 24.7 Å². The maximum atomic E-state index is 11.9. The molecule has 0 aromatic carbocycles. The second-order valence-corrected chi connectivity index (χ2v) is 8.91. The van der Waals surface area contributed by atoms with Crippen LogP contribution in [0.2, 0.25) is 0 Å². The molecule has 4 fully saturated rings. The molecule has 4 aliphatic rings. The van der Waals surface area contributed by atoms with Gasteiger partial charge in [0.05, 0.1) is 10.8 Å². The largest absolute Gasteiger partial charge is 0.481 e. The van der Waals surface area contributed by atoms with Crippen molar-refractivity contribution in [3.05, 3.63) is 12.7 Å². The normalized spacial score (nSPS) is 40.6. The first kappa shape index (κ1) is 16.5. The van der Waals surface area contributed by atoms with Crippen molar-refractivity contribution < 1.29 is 19.8 Å². The van der Waals surface area contributed by atoms with Crippen molar-refractivity contribution in [3.8, 4) is 0 Å². The van der Waals surface area contributed by atoms with Crippen LogP contribution in [0.1, 0.15) is 64.7 Å². The third-order valence-electron chi connectivity index (χ3n) is 6.95. The van der Waals surface area contributed by atoms with Gasteiger partial charge in [0.25, 0.3) is 0 Å². The lowest BCUT2D eigenvalue weighted by Crippen LogP contribution is -2.55. The molecule has 0 aromatic heterocycles. The predicted molar refractivity (Wildman–Crippen MR) is 87.0 cm³/mol. The molecule has 0 saturated heterocycles. The summed E-state index contributed by atoms with van der Waals surface area (Å²) >= 11 is 0. The number of carbonyl (C=O) groups is 2. The molecule has 4 aliphatic carbocycles. The van der Waals surface area contributed by atoms with Crippen molar-refractivity contribution in [1.29, 1.82) is 0 Å². The lowest BCUT2D eigenvalue weighted by molar-refractivity contribution is -0.176. The molecular formula is C19H28O4. The van der Waals surface area contributed by atoms with Crippen LogP contribution in [-0.4, -0.2) is 22.2 Å². The Balaban J connectivity index is 1.78. The summed E-state index contributed by atoms with van der Waals surface area (Å²) in [5.74, 6) is -0.330. The lowest BCUT2D eigenvalue weighted by atomic mass is 9.43. The molecule has 0 aliphatic heterocycles. The van der Waals surface area contributed by atoms with Gasteiger partial charge in [-0.2, -0.15) is 0 Å². The lowest BCUT2D eigenvalue weighted by Gasteiger charge is -2.61. The van der Waals surface area contributed by atoms with Gasteiger partial charge < -0.3 is 10.2 Å². The molecule has 4 rings (SSSR count). The van der Waals surface area contributed by atoms with Gasteiger partial charge in [-0.25, -0.2) is 0 Å². The monoisotopic (exact) mass is 320 g/mol. The molecule has 4 bridgehead atoms. The Morgan fingerprint density at radius 2 is 1.83 bits per heavy atom. The number of allylic oxidation sites excluding steroid dienone is 1. The van der Waals surface area contributed by atoms with Gasteiger partial charge in [0.2, 0.25) is 0 Å². The molecule has 23 heavy (non-hydrogen) atoms. The Bertz CT molecular complexity index is 523. The number of aliphatic carboxylic acids is 2. The Labute approximate surface area is 138 Å². The zero-order valence-corrected chi connectivity index (χ0v) is 14.0. The summed E-state index contributed by atoms with van der Waals surface area (Å²) in [7, 11) is 0. The van der Waals surface area contributed by atoms with E-state index in [1.807, 2.05) is 0 Å². The van der Waals surface area contributed by atoms with Crippen LogP contribution in [0.5, 0.6) is 0 Å². The molecular weight excluding hydrogens is 292 g/mol. The van der Waals surface area contributed by atoms with E-state index in [1.54, 1.807) is 13.0 Å². The Morgan fingerprint density at radius 1 is 1.22 bits per heavy atom. The average Bonchev–Trinajstić information content (AvgIpc) is 2.44. The standard InChI is InChI=1S/C19H28O4/c1-3-4-17(2,15(20)21)5-6-18-8-13-7-14(9-18)11-19(10-13,12-18)16(22)23/h3,13-14H,1,4-12H2,2H3,(H,20,21)(H,22,23). The fraction of sp³-hybridized carbons (Fsp3) is 0.789. The van der Waals surface area contributed by atoms with E-state index < -0.39 is 22.8 Å². The third-order valence-corrected chi connectivity index (χ3v) is 6.95. The van der Waals surface area contributed by atoms with Gasteiger partial charge in [-0.3, -0.25) is 9.59 Å². The van der Waals surface area contributed by atoms with E-state index in [9.17, 15) is 19.8 Å². The van der Waals surface area contributed by atoms with Crippen LogP contribution in [0.3, 0.4) is 0 Å². The number of hydrogen-bond acceptors (Lipinski definition) is 2. The fourth-order valence-corrected chi connectivity index (χ4v) is 6.15. The van der Waals surface area contributed by atoms with Crippen LogP contribution in [0, 0.1) is 28.1 Å². The minimum Gasteiger partial charge on any atom is -0.481 e. The average molecular weight is 320 g/mol. The maximum absolute atomic E-state index is 11.9. The summed E-state index contributed by atoms with van der Waals surface area (Å²) in [6, 6.07) is 0. The van der Waals surface area contributed by atoms with Crippen molar-refractivity contribution >= 4 is 11.9 Å². The van der Waals surface area contributed by atoms with Crippen LogP contribution in [0.25, 0.3) is 0 Å². The highest BCUT2D eigenvalue weighted by Gasteiger charge is 2.60. The molecule has 2 N–H and O–H groups in total. The van der Waals surface area contributed by atoms with Gasteiger partial charge in [-0.05, 0) is 82.0 Å². The number of hydrogen-bond donors (Lipinski definition) is 2. The van der Waals surface area contributed by atoms with E-state index in [4.69, 9.17) is 0 Å². The quantitative estimate of drug-likeness (QED) is 0.692. The molecule has 4 nitrogen and oxygen atoms in total. The third kappa shape index (κ3) is 2.70. The summed E-state index contributed by atoms with van der Waals surface area (Å²) in [5.41, 5.74) is -1.25. The van der Waals surface area contributed by atoms with Crippen molar-refractivity contribution in [2.24, 2.45) is 28.1 Å². The summed E-state index contributed by atoms with van der Waals surface area (Å²) in [6.45, 7) is 5.49. The molecule has 128 valence electrons. The molecule has 0 radical (unpaired) electrons.